The summed E-state index contributed by atoms with van der Waals surface area (Å²) in [6, 6.07) is 0.134. The second-order valence-electron chi connectivity index (χ2n) is 3.42. The Morgan fingerprint density at radius 1 is 1.46 bits per heavy atom. The normalized spacial score (nSPS) is 12.6. The number of aromatic nitrogens is 2. The highest BCUT2D eigenvalue weighted by atomic mass is 15.2. The number of hydrogen-bond acceptors (Lipinski definition) is 4. The molecule has 4 heteroatoms. The van der Waals surface area contributed by atoms with E-state index >= 15 is 0 Å². The number of rotatable bonds is 3. The van der Waals surface area contributed by atoms with Gasteiger partial charge in [-0.3, -0.25) is 0 Å². The summed E-state index contributed by atoms with van der Waals surface area (Å²) < 4.78 is 0. The predicted molar refractivity (Wildman–Crippen MR) is 53.7 cm³/mol. The molecule has 0 saturated carbocycles. The Hall–Kier alpha value is -1.16. The molecule has 72 valence electrons. The Balaban J connectivity index is 2.66. The van der Waals surface area contributed by atoms with Crippen molar-refractivity contribution in [2.75, 3.05) is 18.5 Å². The van der Waals surface area contributed by atoms with Gasteiger partial charge in [0.25, 0.3) is 0 Å². The van der Waals surface area contributed by atoms with Crippen LogP contribution in [0.15, 0.2) is 12.4 Å². The molecule has 0 fully saturated rings. The monoisotopic (exact) mass is 180 g/mol. The molecule has 1 aromatic rings. The van der Waals surface area contributed by atoms with Crippen LogP contribution in [0.3, 0.4) is 0 Å². The molecular formula is C9H16N4. The van der Waals surface area contributed by atoms with Crippen molar-refractivity contribution in [3.8, 4) is 0 Å². The molecule has 0 bridgehead atoms. The van der Waals surface area contributed by atoms with Gasteiger partial charge in [-0.05, 0) is 19.4 Å². The van der Waals surface area contributed by atoms with Crippen LogP contribution in [0, 0.1) is 6.92 Å². The van der Waals surface area contributed by atoms with Crippen molar-refractivity contribution in [3.63, 3.8) is 0 Å². The smallest absolute Gasteiger partial charge is 0.225 e. The molecule has 0 aromatic carbocycles. The topological polar surface area (TPSA) is 55.0 Å². The minimum atomic E-state index is 0.134. The van der Waals surface area contributed by atoms with Crippen LogP contribution < -0.4 is 10.6 Å². The van der Waals surface area contributed by atoms with Gasteiger partial charge >= 0.3 is 0 Å². The highest BCUT2D eigenvalue weighted by Crippen LogP contribution is 2.03. The molecule has 1 heterocycles. The third-order valence-corrected chi connectivity index (χ3v) is 1.67. The first kappa shape index (κ1) is 9.92. The number of likely N-dealkylation sites (N-methyl/N-ethyl adjacent to an activating group) is 1. The zero-order valence-corrected chi connectivity index (χ0v) is 8.36. The minimum Gasteiger partial charge on any atom is -0.342 e. The van der Waals surface area contributed by atoms with Crippen molar-refractivity contribution in [1.29, 1.82) is 0 Å². The van der Waals surface area contributed by atoms with Crippen LogP contribution in [0.25, 0.3) is 0 Å². The molecule has 1 rings (SSSR count). The number of anilines is 1. The highest BCUT2D eigenvalue weighted by molar-refractivity contribution is 5.28. The number of nitrogens with two attached hydrogens (primary N) is 1. The Morgan fingerprint density at radius 3 is 2.46 bits per heavy atom. The lowest BCUT2D eigenvalue weighted by Crippen LogP contribution is -2.33. The SMILES string of the molecule is Cc1cnc(N(C)CC(C)N)nc1. The third kappa shape index (κ3) is 2.99. The predicted octanol–water partition coefficient (Wildman–Crippen LogP) is 0.568. The van der Waals surface area contributed by atoms with Gasteiger partial charge in [-0.15, -0.1) is 0 Å². The fraction of sp³-hybridized carbons (Fsp3) is 0.556. The lowest BCUT2D eigenvalue weighted by molar-refractivity contribution is 0.704. The number of aryl methyl sites for hydroxylation is 1. The molecule has 4 nitrogen and oxygen atoms in total. The second kappa shape index (κ2) is 4.18. The lowest BCUT2D eigenvalue weighted by atomic mass is 10.3. The van der Waals surface area contributed by atoms with Gasteiger partial charge in [0.1, 0.15) is 0 Å². The first-order valence-electron chi connectivity index (χ1n) is 4.35. The van der Waals surface area contributed by atoms with Crippen LogP contribution in [0.1, 0.15) is 12.5 Å². The molecule has 1 atom stereocenters. The Morgan fingerprint density at radius 2 is 2.00 bits per heavy atom. The standard InChI is InChI=1S/C9H16N4/c1-7-4-11-9(12-5-7)13(3)6-8(2)10/h4-5,8H,6,10H2,1-3H3. The van der Waals surface area contributed by atoms with Crippen LogP contribution in [-0.4, -0.2) is 29.6 Å². The summed E-state index contributed by atoms with van der Waals surface area (Å²) in [5.74, 6) is 0.725. The zero-order chi connectivity index (χ0) is 9.84. The van der Waals surface area contributed by atoms with Crippen molar-refractivity contribution in [2.24, 2.45) is 5.73 Å². The second-order valence-corrected chi connectivity index (χ2v) is 3.42. The summed E-state index contributed by atoms with van der Waals surface area (Å²) in [7, 11) is 1.94. The van der Waals surface area contributed by atoms with Crippen molar-refractivity contribution < 1.29 is 0 Å². The van der Waals surface area contributed by atoms with E-state index in [4.69, 9.17) is 5.73 Å². The molecule has 1 unspecified atom stereocenters. The summed E-state index contributed by atoms with van der Waals surface area (Å²) in [5.41, 5.74) is 6.73. The average Bonchev–Trinajstić information content (AvgIpc) is 2.04. The van der Waals surface area contributed by atoms with Gasteiger partial charge in [-0.2, -0.15) is 0 Å². The van der Waals surface area contributed by atoms with Gasteiger partial charge in [0.15, 0.2) is 0 Å². The van der Waals surface area contributed by atoms with Crippen molar-refractivity contribution in [2.45, 2.75) is 19.9 Å². The maximum absolute atomic E-state index is 5.66. The molecule has 0 saturated heterocycles. The van der Waals surface area contributed by atoms with Crippen LogP contribution in [0.4, 0.5) is 5.95 Å². The largest absolute Gasteiger partial charge is 0.342 e. The molecule has 0 spiro atoms. The van der Waals surface area contributed by atoms with Crippen LogP contribution >= 0.6 is 0 Å². The van der Waals surface area contributed by atoms with E-state index in [0.29, 0.717) is 0 Å². The molecule has 0 radical (unpaired) electrons. The van der Waals surface area contributed by atoms with Crippen LogP contribution in [0.5, 0.6) is 0 Å². The molecule has 0 aliphatic rings. The molecule has 0 aliphatic carbocycles. The highest BCUT2D eigenvalue weighted by Gasteiger charge is 2.04. The average molecular weight is 180 g/mol. The summed E-state index contributed by atoms with van der Waals surface area (Å²) in [5, 5.41) is 0. The van der Waals surface area contributed by atoms with Gasteiger partial charge < -0.3 is 10.6 Å². The third-order valence-electron chi connectivity index (χ3n) is 1.67. The van der Waals surface area contributed by atoms with E-state index in [1.807, 2.05) is 25.8 Å². The minimum absolute atomic E-state index is 0.134. The van der Waals surface area contributed by atoms with Crippen LogP contribution in [0.2, 0.25) is 0 Å². The van der Waals surface area contributed by atoms with Crippen molar-refractivity contribution in [3.05, 3.63) is 18.0 Å². The Kier molecular flexibility index (Phi) is 3.19. The van der Waals surface area contributed by atoms with Gasteiger partial charge in [0, 0.05) is 32.0 Å². The lowest BCUT2D eigenvalue weighted by Gasteiger charge is -2.18. The summed E-state index contributed by atoms with van der Waals surface area (Å²) in [6.07, 6.45) is 3.61. The van der Waals surface area contributed by atoms with Gasteiger partial charge in [0.2, 0.25) is 5.95 Å². The van der Waals surface area contributed by atoms with E-state index in [9.17, 15) is 0 Å². The van der Waals surface area contributed by atoms with Crippen molar-refractivity contribution in [1.82, 2.24) is 9.97 Å². The molecule has 13 heavy (non-hydrogen) atoms. The van der Waals surface area contributed by atoms with E-state index < -0.39 is 0 Å². The maximum atomic E-state index is 5.66. The van der Waals surface area contributed by atoms with Gasteiger partial charge in [-0.25, -0.2) is 9.97 Å². The molecule has 1 aromatic heterocycles. The van der Waals surface area contributed by atoms with Gasteiger partial charge in [-0.1, -0.05) is 0 Å². The summed E-state index contributed by atoms with van der Waals surface area (Å²) in [6.45, 7) is 4.70. The Bertz CT molecular complexity index is 255. The zero-order valence-electron chi connectivity index (χ0n) is 8.36. The number of nitrogens with zero attached hydrogens (tertiary/aromatic N) is 3. The molecule has 0 aliphatic heterocycles. The quantitative estimate of drug-likeness (QED) is 0.738. The molecular weight excluding hydrogens is 164 g/mol. The molecule has 0 amide bonds. The fourth-order valence-electron chi connectivity index (χ4n) is 1.10. The van der Waals surface area contributed by atoms with E-state index in [1.165, 1.54) is 0 Å². The van der Waals surface area contributed by atoms with E-state index in [1.54, 1.807) is 12.4 Å². The summed E-state index contributed by atoms with van der Waals surface area (Å²) >= 11 is 0. The van der Waals surface area contributed by atoms with E-state index in [2.05, 4.69) is 9.97 Å². The number of hydrogen-bond donors (Lipinski definition) is 1. The first-order valence-corrected chi connectivity index (χ1v) is 4.35. The van der Waals surface area contributed by atoms with E-state index in [0.717, 1.165) is 18.1 Å². The maximum Gasteiger partial charge on any atom is 0.225 e. The molecule has 2 N–H and O–H groups in total. The van der Waals surface area contributed by atoms with Crippen LogP contribution in [-0.2, 0) is 0 Å². The van der Waals surface area contributed by atoms with E-state index in [-0.39, 0.29) is 6.04 Å². The fourth-order valence-corrected chi connectivity index (χ4v) is 1.10. The van der Waals surface area contributed by atoms with Crippen molar-refractivity contribution >= 4 is 5.95 Å². The first-order chi connectivity index (χ1) is 6.09. The Labute approximate surface area is 78.8 Å². The summed E-state index contributed by atoms with van der Waals surface area (Å²) in [4.78, 5) is 10.3. The van der Waals surface area contributed by atoms with Gasteiger partial charge in [0.05, 0.1) is 0 Å².